The van der Waals surface area contributed by atoms with Crippen molar-refractivity contribution >= 4 is 29.3 Å². The van der Waals surface area contributed by atoms with Crippen LogP contribution in [0.2, 0.25) is 0 Å². The van der Waals surface area contributed by atoms with Crippen LogP contribution in [0, 0.1) is 17.0 Å². The van der Waals surface area contributed by atoms with Crippen molar-refractivity contribution in [2.24, 2.45) is 0 Å². The minimum absolute atomic E-state index is 0.0297. The quantitative estimate of drug-likeness (QED) is 0.398. The van der Waals surface area contributed by atoms with Crippen molar-refractivity contribution in [2.75, 3.05) is 24.3 Å². The van der Waals surface area contributed by atoms with Crippen molar-refractivity contribution in [3.63, 3.8) is 0 Å². The van der Waals surface area contributed by atoms with Gasteiger partial charge in [0.2, 0.25) is 5.91 Å². The zero-order valence-corrected chi connectivity index (χ0v) is 18.0. The molecule has 0 unspecified atom stereocenters. The Hall–Kier alpha value is -3.49. The fourth-order valence-corrected chi connectivity index (χ4v) is 3.57. The fraction of sp³-hybridized carbons (Fsp3) is 0.409. The number of aryl methyl sites for hydroxylation is 1. The number of carbonyl (C=O) groups excluding carboxylic acids is 1. The Balaban J connectivity index is 1.46. The van der Waals surface area contributed by atoms with Crippen LogP contribution in [-0.2, 0) is 4.79 Å². The lowest BCUT2D eigenvalue weighted by atomic mass is 9.91. The molecule has 0 atom stereocenters. The standard InChI is InChI=1S/C22H28N6O3/c1-15-23-20(14-21(24-15)27(2)3)25-17-7-9-18(10-8-17)26-22(29)13-6-16-4-11-19(12-5-16)28(30)31/h4-6,11-14,17-18H,7-10H2,1-3H3,(H,26,29)(H,23,24,25)/b13-6+. The minimum Gasteiger partial charge on any atom is -0.367 e. The largest absolute Gasteiger partial charge is 0.367 e. The molecule has 0 spiro atoms. The van der Waals surface area contributed by atoms with Gasteiger partial charge in [-0.05, 0) is 56.4 Å². The number of rotatable bonds is 7. The first kappa shape index (κ1) is 22.2. The number of non-ortho nitro benzene ring substituents is 1. The molecule has 1 heterocycles. The third-order valence-corrected chi connectivity index (χ3v) is 5.24. The van der Waals surface area contributed by atoms with E-state index in [4.69, 9.17) is 0 Å². The van der Waals surface area contributed by atoms with Crippen molar-refractivity contribution in [3.8, 4) is 0 Å². The third kappa shape index (κ3) is 6.50. The average molecular weight is 425 g/mol. The number of hydrogen-bond acceptors (Lipinski definition) is 7. The molecule has 9 nitrogen and oxygen atoms in total. The molecule has 0 aliphatic heterocycles. The molecule has 1 aliphatic rings. The van der Waals surface area contributed by atoms with Gasteiger partial charge in [-0.2, -0.15) is 0 Å². The van der Waals surface area contributed by atoms with Gasteiger partial charge in [0, 0.05) is 50.5 Å². The van der Waals surface area contributed by atoms with Gasteiger partial charge in [-0.15, -0.1) is 0 Å². The first-order valence-corrected chi connectivity index (χ1v) is 10.3. The summed E-state index contributed by atoms with van der Waals surface area (Å²) in [5.41, 5.74) is 0.771. The lowest BCUT2D eigenvalue weighted by molar-refractivity contribution is -0.384. The highest BCUT2D eigenvalue weighted by Crippen LogP contribution is 2.23. The Morgan fingerprint density at radius 1 is 1.13 bits per heavy atom. The van der Waals surface area contributed by atoms with Crippen LogP contribution in [-0.4, -0.2) is 47.0 Å². The summed E-state index contributed by atoms with van der Waals surface area (Å²) in [5, 5.41) is 17.2. The van der Waals surface area contributed by atoms with Gasteiger partial charge in [-0.3, -0.25) is 14.9 Å². The first-order valence-electron chi connectivity index (χ1n) is 10.3. The van der Waals surface area contributed by atoms with Gasteiger partial charge >= 0.3 is 0 Å². The first-order chi connectivity index (χ1) is 14.8. The van der Waals surface area contributed by atoms with Gasteiger partial charge in [0.15, 0.2) is 0 Å². The van der Waals surface area contributed by atoms with E-state index in [1.807, 2.05) is 32.0 Å². The van der Waals surface area contributed by atoms with Crippen molar-refractivity contribution in [2.45, 2.75) is 44.7 Å². The molecule has 2 aromatic rings. The number of carbonyl (C=O) groups is 1. The number of anilines is 2. The summed E-state index contributed by atoms with van der Waals surface area (Å²) in [7, 11) is 3.91. The van der Waals surface area contributed by atoms with E-state index in [-0.39, 0.29) is 17.6 Å². The molecule has 1 aliphatic carbocycles. The van der Waals surface area contributed by atoms with Crippen molar-refractivity contribution in [1.82, 2.24) is 15.3 Å². The Labute approximate surface area is 181 Å². The summed E-state index contributed by atoms with van der Waals surface area (Å²) in [4.78, 5) is 33.3. The lowest BCUT2D eigenvalue weighted by Crippen LogP contribution is -2.39. The van der Waals surface area contributed by atoms with Gasteiger partial charge in [-0.25, -0.2) is 9.97 Å². The van der Waals surface area contributed by atoms with E-state index in [9.17, 15) is 14.9 Å². The maximum atomic E-state index is 12.2. The van der Waals surface area contributed by atoms with Crippen LogP contribution in [0.15, 0.2) is 36.4 Å². The fourth-order valence-electron chi connectivity index (χ4n) is 3.57. The van der Waals surface area contributed by atoms with Crippen LogP contribution in [0.4, 0.5) is 17.3 Å². The number of hydrogen-bond donors (Lipinski definition) is 2. The maximum absolute atomic E-state index is 12.2. The van der Waals surface area contributed by atoms with E-state index in [2.05, 4.69) is 20.6 Å². The highest BCUT2D eigenvalue weighted by Gasteiger charge is 2.22. The normalized spacial score (nSPS) is 18.5. The Bertz CT molecular complexity index is 950. The monoisotopic (exact) mass is 424 g/mol. The molecule has 1 amide bonds. The Morgan fingerprint density at radius 3 is 2.39 bits per heavy atom. The highest BCUT2D eigenvalue weighted by atomic mass is 16.6. The third-order valence-electron chi connectivity index (χ3n) is 5.24. The molecule has 9 heteroatoms. The van der Waals surface area contributed by atoms with E-state index < -0.39 is 4.92 Å². The van der Waals surface area contributed by atoms with Crippen molar-refractivity contribution in [3.05, 3.63) is 57.9 Å². The zero-order valence-electron chi connectivity index (χ0n) is 18.0. The number of benzene rings is 1. The number of nitro groups is 1. The summed E-state index contributed by atoms with van der Waals surface area (Å²) in [6.45, 7) is 1.88. The van der Waals surface area contributed by atoms with Crippen LogP contribution in [0.5, 0.6) is 0 Å². The molecule has 2 N–H and O–H groups in total. The summed E-state index contributed by atoms with van der Waals surface area (Å²) >= 11 is 0. The Kier molecular flexibility index (Phi) is 7.17. The topological polar surface area (TPSA) is 113 Å². The van der Waals surface area contributed by atoms with E-state index in [0.29, 0.717) is 6.04 Å². The number of nitro benzene ring substituents is 1. The molecule has 31 heavy (non-hydrogen) atoms. The SMILES string of the molecule is Cc1nc(NC2CCC(NC(=O)/C=C/c3ccc([N+](=O)[O-])cc3)CC2)cc(N(C)C)n1. The van der Waals surface area contributed by atoms with E-state index in [1.165, 1.54) is 18.2 Å². The molecule has 0 bridgehead atoms. The van der Waals surface area contributed by atoms with Crippen LogP contribution >= 0.6 is 0 Å². The summed E-state index contributed by atoms with van der Waals surface area (Å²) in [6, 6.07) is 8.48. The average Bonchev–Trinajstić information content (AvgIpc) is 2.73. The van der Waals surface area contributed by atoms with Gasteiger partial charge in [0.25, 0.3) is 5.69 Å². The van der Waals surface area contributed by atoms with Gasteiger partial charge in [-0.1, -0.05) is 0 Å². The van der Waals surface area contributed by atoms with Crippen LogP contribution in [0.1, 0.15) is 37.1 Å². The van der Waals surface area contributed by atoms with Gasteiger partial charge in [0.05, 0.1) is 4.92 Å². The van der Waals surface area contributed by atoms with Gasteiger partial charge in [0.1, 0.15) is 17.5 Å². The molecule has 1 aromatic heterocycles. The predicted octanol–water partition coefficient (Wildman–Crippen LogP) is 3.31. The lowest BCUT2D eigenvalue weighted by Gasteiger charge is -2.30. The van der Waals surface area contributed by atoms with Crippen molar-refractivity contribution < 1.29 is 9.72 Å². The van der Waals surface area contributed by atoms with E-state index >= 15 is 0 Å². The molecule has 0 radical (unpaired) electrons. The summed E-state index contributed by atoms with van der Waals surface area (Å²) in [5.74, 6) is 2.27. The second-order valence-electron chi connectivity index (χ2n) is 7.94. The second kappa shape index (κ2) is 10.0. The number of amides is 1. The maximum Gasteiger partial charge on any atom is 0.269 e. The minimum atomic E-state index is -0.446. The highest BCUT2D eigenvalue weighted by molar-refractivity contribution is 5.91. The summed E-state index contributed by atoms with van der Waals surface area (Å²) in [6.07, 6.45) is 6.79. The molecule has 1 aromatic carbocycles. The number of aromatic nitrogens is 2. The molecular formula is C22H28N6O3. The van der Waals surface area contributed by atoms with Crippen molar-refractivity contribution in [1.29, 1.82) is 0 Å². The van der Waals surface area contributed by atoms with E-state index in [1.54, 1.807) is 18.2 Å². The zero-order chi connectivity index (χ0) is 22.4. The second-order valence-corrected chi connectivity index (χ2v) is 7.94. The smallest absolute Gasteiger partial charge is 0.269 e. The molecule has 0 saturated heterocycles. The molecular weight excluding hydrogens is 396 g/mol. The van der Waals surface area contributed by atoms with Crippen LogP contribution in [0.3, 0.4) is 0 Å². The number of nitrogens with one attached hydrogen (secondary N) is 2. The van der Waals surface area contributed by atoms with Crippen LogP contribution in [0.25, 0.3) is 6.08 Å². The molecule has 1 fully saturated rings. The van der Waals surface area contributed by atoms with E-state index in [0.717, 1.165) is 48.7 Å². The summed E-state index contributed by atoms with van der Waals surface area (Å²) < 4.78 is 0. The molecule has 164 valence electrons. The molecule has 3 rings (SSSR count). The predicted molar refractivity (Wildman–Crippen MR) is 121 cm³/mol. The number of nitrogens with zero attached hydrogens (tertiary/aromatic N) is 4. The van der Waals surface area contributed by atoms with Gasteiger partial charge < -0.3 is 15.5 Å². The molecule has 1 saturated carbocycles. The Morgan fingerprint density at radius 2 is 1.77 bits per heavy atom. The van der Waals surface area contributed by atoms with Crippen LogP contribution < -0.4 is 15.5 Å².